The van der Waals surface area contributed by atoms with Crippen molar-refractivity contribution in [1.82, 2.24) is 15.1 Å². The Bertz CT molecular complexity index is 446. The number of nitrogens with zero attached hydrogens (tertiary/aromatic N) is 3. The molecule has 7 heteroatoms. The van der Waals surface area contributed by atoms with Gasteiger partial charge in [-0.25, -0.2) is 0 Å². The molecular weight excluding hydrogens is 306 g/mol. The number of likely N-dealkylation sites (tertiary alicyclic amines) is 1. The van der Waals surface area contributed by atoms with Crippen molar-refractivity contribution in [3.8, 4) is 0 Å². The van der Waals surface area contributed by atoms with E-state index in [0.29, 0.717) is 12.3 Å². The van der Waals surface area contributed by atoms with Crippen LogP contribution in [-0.4, -0.2) is 80.2 Å². The maximum Gasteiger partial charge on any atom is 0.217 e. The average Bonchev–Trinajstić information content (AvgIpc) is 2.56. The molecule has 1 atom stereocenters. The summed E-state index contributed by atoms with van der Waals surface area (Å²) in [6.45, 7) is 10.7. The highest BCUT2D eigenvalue weighted by Gasteiger charge is 2.29. The molecule has 2 heterocycles. The van der Waals surface area contributed by atoms with Gasteiger partial charge in [0.05, 0.1) is 13.2 Å². The summed E-state index contributed by atoms with van der Waals surface area (Å²) in [5.41, 5.74) is 5.40. The Balaban J connectivity index is 1.88. The normalized spacial score (nSPS) is 24.0. The van der Waals surface area contributed by atoms with Crippen LogP contribution in [0, 0.1) is 5.92 Å². The Kier molecular flexibility index (Phi) is 6.86. The number of rotatable bonds is 5. The van der Waals surface area contributed by atoms with Gasteiger partial charge in [-0.15, -0.1) is 0 Å². The minimum Gasteiger partial charge on any atom is -0.379 e. The summed E-state index contributed by atoms with van der Waals surface area (Å²) in [5, 5.41) is 3.53. The molecule has 0 spiro atoms. The number of nitrogens with one attached hydrogen (secondary N) is 1. The lowest BCUT2D eigenvalue weighted by Crippen LogP contribution is -2.57. The molecule has 138 valence electrons. The van der Waals surface area contributed by atoms with Gasteiger partial charge in [0.1, 0.15) is 0 Å². The fourth-order valence-electron chi connectivity index (χ4n) is 3.62. The first-order valence-corrected chi connectivity index (χ1v) is 8.99. The minimum atomic E-state index is -0.210. The molecule has 0 saturated carbocycles. The summed E-state index contributed by atoms with van der Waals surface area (Å²) in [4.78, 5) is 20.4. The van der Waals surface area contributed by atoms with Crippen molar-refractivity contribution in [2.75, 3.05) is 53.0 Å². The van der Waals surface area contributed by atoms with E-state index in [-0.39, 0.29) is 11.4 Å². The highest BCUT2D eigenvalue weighted by Crippen LogP contribution is 2.20. The highest BCUT2D eigenvalue weighted by atomic mass is 16.5. The first kappa shape index (κ1) is 19.0. The van der Waals surface area contributed by atoms with E-state index >= 15 is 0 Å². The number of nitrogens with two attached hydrogens (primary N) is 1. The highest BCUT2D eigenvalue weighted by molar-refractivity contribution is 5.80. The van der Waals surface area contributed by atoms with Crippen molar-refractivity contribution in [2.24, 2.45) is 16.6 Å². The first-order chi connectivity index (χ1) is 11.4. The van der Waals surface area contributed by atoms with Crippen molar-refractivity contribution in [3.63, 3.8) is 0 Å². The smallest absolute Gasteiger partial charge is 0.217 e. The number of amides is 1. The number of morpholine rings is 1. The topological polar surface area (TPSA) is 83.2 Å². The van der Waals surface area contributed by atoms with Crippen LogP contribution in [0.1, 0.15) is 33.1 Å². The van der Waals surface area contributed by atoms with Crippen molar-refractivity contribution in [2.45, 2.75) is 38.6 Å². The number of hydrogen-bond acceptors (Lipinski definition) is 4. The number of carbonyl (C=O) groups is 1. The quantitative estimate of drug-likeness (QED) is 0.554. The summed E-state index contributed by atoms with van der Waals surface area (Å²) in [6.07, 6.45) is 2.61. The van der Waals surface area contributed by atoms with Crippen LogP contribution < -0.4 is 11.1 Å². The van der Waals surface area contributed by atoms with E-state index in [2.05, 4.69) is 34.0 Å². The maximum absolute atomic E-state index is 11.2. The predicted octanol–water partition coefficient (Wildman–Crippen LogP) is 0.260. The zero-order chi connectivity index (χ0) is 17.6. The third-order valence-corrected chi connectivity index (χ3v) is 5.07. The van der Waals surface area contributed by atoms with Gasteiger partial charge < -0.3 is 20.7 Å². The predicted molar refractivity (Wildman–Crippen MR) is 95.9 cm³/mol. The summed E-state index contributed by atoms with van der Waals surface area (Å²) in [7, 11) is 1.82. The second-order valence-electron chi connectivity index (χ2n) is 7.44. The van der Waals surface area contributed by atoms with Gasteiger partial charge in [-0.1, -0.05) is 0 Å². The number of ether oxygens (including phenoxy) is 1. The molecule has 0 bridgehead atoms. The standard InChI is InChI=1S/C17H33N5O2/c1-17(2,22-7-9-24-10-8-22)13-20-16(19-3)21-6-4-5-14(12-21)11-15(18)23/h14H,4-13H2,1-3H3,(H2,18,23)(H,19,20). The lowest BCUT2D eigenvalue weighted by atomic mass is 9.94. The van der Waals surface area contributed by atoms with E-state index in [9.17, 15) is 4.79 Å². The van der Waals surface area contributed by atoms with E-state index in [0.717, 1.165) is 64.7 Å². The molecule has 24 heavy (non-hydrogen) atoms. The molecule has 2 fully saturated rings. The number of aliphatic imine (C=N–C) groups is 1. The molecule has 2 aliphatic heterocycles. The number of hydrogen-bond donors (Lipinski definition) is 2. The lowest BCUT2D eigenvalue weighted by molar-refractivity contribution is -0.119. The molecule has 1 amide bonds. The van der Waals surface area contributed by atoms with Crippen molar-refractivity contribution < 1.29 is 9.53 Å². The third kappa shape index (κ3) is 5.34. The van der Waals surface area contributed by atoms with Gasteiger partial charge >= 0.3 is 0 Å². The largest absolute Gasteiger partial charge is 0.379 e. The molecule has 2 rings (SSSR count). The third-order valence-electron chi connectivity index (χ3n) is 5.07. The molecule has 0 aromatic rings. The van der Waals surface area contributed by atoms with Gasteiger partial charge in [0.2, 0.25) is 5.91 Å². The Morgan fingerprint density at radius 1 is 1.33 bits per heavy atom. The fraction of sp³-hybridized carbons (Fsp3) is 0.882. The lowest BCUT2D eigenvalue weighted by Gasteiger charge is -2.42. The van der Waals surface area contributed by atoms with E-state index < -0.39 is 0 Å². The fourth-order valence-corrected chi connectivity index (χ4v) is 3.62. The van der Waals surface area contributed by atoms with Crippen LogP contribution in [0.4, 0.5) is 0 Å². The average molecular weight is 339 g/mol. The van der Waals surface area contributed by atoms with E-state index in [1.165, 1.54) is 0 Å². The number of primary amides is 1. The summed E-state index contributed by atoms with van der Waals surface area (Å²) in [6, 6.07) is 0. The van der Waals surface area contributed by atoms with Crippen LogP contribution in [0.15, 0.2) is 4.99 Å². The van der Waals surface area contributed by atoms with Crippen molar-refractivity contribution in [3.05, 3.63) is 0 Å². The Labute approximate surface area is 145 Å². The van der Waals surface area contributed by atoms with E-state index in [1.807, 2.05) is 7.05 Å². The maximum atomic E-state index is 11.2. The first-order valence-electron chi connectivity index (χ1n) is 8.99. The zero-order valence-corrected chi connectivity index (χ0v) is 15.4. The molecule has 0 aromatic heterocycles. The Hall–Kier alpha value is -1.34. The van der Waals surface area contributed by atoms with Crippen LogP contribution >= 0.6 is 0 Å². The second-order valence-corrected chi connectivity index (χ2v) is 7.44. The monoisotopic (exact) mass is 339 g/mol. The van der Waals surface area contributed by atoms with Crippen LogP contribution in [0.3, 0.4) is 0 Å². The van der Waals surface area contributed by atoms with Crippen LogP contribution in [-0.2, 0) is 9.53 Å². The Morgan fingerprint density at radius 2 is 2.04 bits per heavy atom. The molecule has 2 aliphatic rings. The van der Waals surface area contributed by atoms with Crippen molar-refractivity contribution in [1.29, 1.82) is 0 Å². The van der Waals surface area contributed by atoms with Gasteiger partial charge in [0, 0.05) is 51.7 Å². The van der Waals surface area contributed by atoms with Gasteiger partial charge in [-0.2, -0.15) is 0 Å². The summed E-state index contributed by atoms with van der Waals surface area (Å²) < 4.78 is 5.45. The van der Waals surface area contributed by atoms with E-state index in [4.69, 9.17) is 10.5 Å². The molecule has 2 saturated heterocycles. The SMILES string of the molecule is CN=C(NCC(C)(C)N1CCOCC1)N1CCCC(CC(N)=O)C1. The van der Waals surface area contributed by atoms with Gasteiger partial charge in [0.15, 0.2) is 5.96 Å². The van der Waals surface area contributed by atoms with Gasteiger partial charge in [-0.05, 0) is 32.6 Å². The van der Waals surface area contributed by atoms with Gasteiger partial charge in [0.25, 0.3) is 0 Å². The molecule has 0 aromatic carbocycles. The zero-order valence-electron chi connectivity index (χ0n) is 15.4. The van der Waals surface area contributed by atoms with Crippen LogP contribution in [0.25, 0.3) is 0 Å². The molecule has 3 N–H and O–H groups in total. The molecule has 1 unspecified atom stereocenters. The van der Waals surface area contributed by atoms with Gasteiger partial charge in [-0.3, -0.25) is 14.7 Å². The number of guanidine groups is 1. The van der Waals surface area contributed by atoms with E-state index in [1.54, 1.807) is 0 Å². The molecule has 7 nitrogen and oxygen atoms in total. The minimum absolute atomic E-state index is 0.0438. The van der Waals surface area contributed by atoms with Crippen LogP contribution in [0.5, 0.6) is 0 Å². The number of piperidine rings is 1. The summed E-state index contributed by atoms with van der Waals surface area (Å²) >= 11 is 0. The second kappa shape index (κ2) is 8.67. The number of carbonyl (C=O) groups excluding carboxylic acids is 1. The molecule has 0 aliphatic carbocycles. The summed E-state index contributed by atoms with van der Waals surface area (Å²) in [5.74, 6) is 1.05. The Morgan fingerprint density at radius 3 is 2.67 bits per heavy atom. The van der Waals surface area contributed by atoms with Crippen molar-refractivity contribution >= 4 is 11.9 Å². The van der Waals surface area contributed by atoms with Crippen LogP contribution in [0.2, 0.25) is 0 Å². The molecule has 0 radical (unpaired) electrons. The molecular formula is C17H33N5O2.